The lowest BCUT2D eigenvalue weighted by molar-refractivity contribution is -0.186. The zero-order chi connectivity index (χ0) is 15.7. The van der Waals surface area contributed by atoms with Crippen LogP contribution in [0.4, 0.5) is 0 Å². The largest absolute Gasteiger partial charge is 0.497 e. The minimum Gasteiger partial charge on any atom is -0.497 e. The third-order valence-electron chi connectivity index (χ3n) is 3.71. The third-order valence-corrected chi connectivity index (χ3v) is 3.71. The first-order chi connectivity index (χ1) is 10.6. The van der Waals surface area contributed by atoms with Crippen molar-refractivity contribution in [3.63, 3.8) is 0 Å². The van der Waals surface area contributed by atoms with E-state index < -0.39 is 11.8 Å². The molecule has 0 saturated heterocycles. The molecule has 1 aromatic carbocycles. The molecule has 6 heteroatoms. The Morgan fingerprint density at radius 3 is 2.59 bits per heavy atom. The Morgan fingerprint density at radius 1 is 1.32 bits per heavy atom. The van der Waals surface area contributed by atoms with Gasteiger partial charge in [-0.2, -0.15) is 0 Å². The minimum atomic E-state index is -1.81. The number of aliphatic hydroxyl groups is 1. The van der Waals surface area contributed by atoms with Crippen molar-refractivity contribution in [1.29, 1.82) is 0 Å². The molecule has 22 heavy (non-hydrogen) atoms. The lowest BCUT2D eigenvalue weighted by Gasteiger charge is -2.25. The SMILES string of the molecule is CCC1=C(C2=COCO2)C(=O)OC1(O)c1ccc(OC)cc1. The zero-order valence-electron chi connectivity index (χ0n) is 12.3. The first-order valence-electron chi connectivity index (χ1n) is 6.89. The molecule has 0 radical (unpaired) electrons. The Hall–Kier alpha value is -2.47. The summed E-state index contributed by atoms with van der Waals surface area (Å²) in [5, 5.41) is 10.9. The molecule has 1 unspecified atom stereocenters. The fourth-order valence-corrected chi connectivity index (χ4v) is 2.63. The van der Waals surface area contributed by atoms with Crippen LogP contribution < -0.4 is 4.74 Å². The maximum Gasteiger partial charge on any atom is 0.345 e. The lowest BCUT2D eigenvalue weighted by atomic mass is 9.93. The smallest absolute Gasteiger partial charge is 0.345 e. The normalized spacial score (nSPS) is 23.8. The Kier molecular flexibility index (Phi) is 3.54. The molecule has 2 aliphatic rings. The zero-order valence-corrected chi connectivity index (χ0v) is 12.3. The Labute approximate surface area is 127 Å². The Balaban J connectivity index is 2.07. The number of hydrogen-bond acceptors (Lipinski definition) is 6. The topological polar surface area (TPSA) is 74.2 Å². The summed E-state index contributed by atoms with van der Waals surface area (Å²) in [6.07, 6.45) is 1.77. The van der Waals surface area contributed by atoms with E-state index >= 15 is 0 Å². The van der Waals surface area contributed by atoms with Crippen molar-refractivity contribution in [2.24, 2.45) is 0 Å². The van der Waals surface area contributed by atoms with Crippen LogP contribution in [0, 0.1) is 0 Å². The summed E-state index contributed by atoms with van der Waals surface area (Å²) in [5.74, 6) is -1.51. The molecule has 0 aliphatic carbocycles. The van der Waals surface area contributed by atoms with Crippen LogP contribution in [-0.4, -0.2) is 25.0 Å². The van der Waals surface area contributed by atoms with Gasteiger partial charge < -0.3 is 24.1 Å². The molecule has 3 rings (SSSR count). The van der Waals surface area contributed by atoms with E-state index in [0.717, 1.165) is 0 Å². The number of cyclic esters (lactones) is 1. The van der Waals surface area contributed by atoms with Gasteiger partial charge in [0, 0.05) is 11.1 Å². The van der Waals surface area contributed by atoms with E-state index in [-0.39, 0.29) is 18.1 Å². The van der Waals surface area contributed by atoms with Crippen LogP contribution in [0.5, 0.6) is 5.75 Å². The number of esters is 1. The minimum absolute atomic E-state index is 0.0457. The standard InChI is InChI=1S/C16H16O6/c1-3-12-14(13-8-20-9-21-13)15(17)22-16(12,18)10-4-6-11(19-2)7-5-10/h4-8,18H,3,9H2,1-2H3. The molecule has 2 aliphatic heterocycles. The van der Waals surface area contributed by atoms with Crippen molar-refractivity contribution in [2.45, 2.75) is 19.1 Å². The van der Waals surface area contributed by atoms with Crippen molar-refractivity contribution < 1.29 is 28.8 Å². The van der Waals surface area contributed by atoms with Gasteiger partial charge in [-0.3, -0.25) is 0 Å². The fraction of sp³-hybridized carbons (Fsp3) is 0.312. The highest BCUT2D eigenvalue weighted by Gasteiger charge is 2.48. The molecule has 0 aromatic heterocycles. The van der Waals surface area contributed by atoms with Crippen LogP contribution in [0.15, 0.2) is 47.4 Å². The first-order valence-corrected chi connectivity index (χ1v) is 6.89. The van der Waals surface area contributed by atoms with Gasteiger partial charge in [-0.1, -0.05) is 6.92 Å². The molecular weight excluding hydrogens is 288 g/mol. The monoisotopic (exact) mass is 304 g/mol. The quantitative estimate of drug-likeness (QED) is 0.857. The van der Waals surface area contributed by atoms with E-state index in [9.17, 15) is 9.90 Å². The highest BCUT2D eigenvalue weighted by molar-refractivity contribution is 5.97. The maximum atomic E-state index is 12.2. The molecule has 116 valence electrons. The number of benzene rings is 1. The second-order valence-electron chi connectivity index (χ2n) is 4.88. The molecule has 2 heterocycles. The van der Waals surface area contributed by atoms with Crippen LogP contribution in [0.25, 0.3) is 0 Å². The van der Waals surface area contributed by atoms with E-state index in [0.29, 0.717) is 23.3 Å². The lowest BCUT2D eigenvalue weighted by Crippen LogP contribution is -2.28. The molecule has 1 atom stereocenters. The number of methoxy groups -OCH3 is 1. The van der Waals surface area contributed by atoms with Crippen molar-refractivity contribution in [3.05, 3.63) is 53.0 Å². The highest BCUT2D eigenvalue weighted by atomic mass is 16.7. The van der Waals surface area contributed by atoms with Gasteiger partial charge in [0.2, 0.25) is 6.79 Å². The van der Waals surface area contributed by atoms with Gasteiger partial charge in [0.25, 0.3) is 5.79 Å². The molecule has 0 saturated carbocycles. The van der Waals surface area contributed by atoms with Crippen molar-refractivity contribution in [3.8, 4) is 5.75 Å². The van der Waals surface area contributed by atoms with Crippen molar-refractivity contribution in [2.75, 3.05) is 13.9 Å². The summed E-state index contributed by atoms with van der Waals surface area (Å²) in [7, 11) is 1.55. The molecule has 0 amide bonds. The summed E-state index contributed by atoms with van der Waals surface area (Å²) >= 11 is 0. The number of carbonyl (C=O) groups is 1. The van der Waals surface area contributed by atoms with E-state index in [1.807, 2.05) is 6.92 Å². The van der Waals surface area contributed by atoms with Crippen LogP contribution >= 0.6 is 0 Å². The van der Waals surface area contributed by atoms with Crippen molar-refractivity contribution in [1.82, 2.24) is 0 Å². The van der Waals surface area contributed by atoms with Gasteiger partial charge in [-0.25, -0.2) is 4.79 Å². The average molecular weight is 304 g/mol. The predicted molar refractivity (Wildman–Crippen MR) is 75.4 cm³/mol. The van der Waals surface area contributed by atoms with Gasteiger partial charge in [-0.15, -0.1) is 0 Å². The number of hydrogen-bond donors (Lipinski definition) is 1. The Morgan fingerprint density at radius 2 is 2.05 bits per heavy atom. The molecule has 1 N–H and O–H groups in total. The van der Waals surface area contributed by atoms with Crippen LogP contribution in [0.1, 0.15) is 18.9 Å². The van der Waals surface area contributed by atoms with Gasteiger partial charge in [0.1, 0.15) is 17.6 Å². The van der Waals surface area contributed by atoms with E-state index in [1.54, 1.807) is 31.4 Å². The second-order valence-corrected chi connectivity index (χ2v) is 4.88. The van der Waals surface area contributed by atoms with Gasteiger partial charge in [0.15, 0.2) is 5.76 Å². The van der Waals surface area contributed by atoms with Crippen LogP contribution in [0.2, 0.25) is 0 Å². The summed E-state index contributed by atoms with van der Waals surface area (Å²) in [6.45, 7) is 1.88. The highest BCUT2D eigenvalue weighted by Crippen LogP contribution is 2.44. The van der Waals surface area contributed by atoms with Crippen LogP contribution in [-0.2, 0) is 24.8 Å². The predicted octanol–water partition coefficient (Wildman–Crippen LogP) is 1.95. The van der Waals surface area contributed by atoms with Gasteiger partial charge in [0.05, 0.1) is 7.11 Å². The summed E-state index contributed by atoms with van der Waals surface area (Å²) in [5.41, 5.74) is 1.12. The third kappa shape index (κ3) is 2.12. The molecule has 0 spiro atoms. The fourth-order valence-electron chi connectivity index (χ4n) is 2.63. The van der Waals surface area contributed by atoms with E-state index in [2.05, 4.69) is 0 Å². The second kappa shape index (κ2) is 5.38. The number of rotatable bonds is 4. The number of carbonyl (C=O) groups excluding carboxylic acids is 1. The Bertz CT molecular complexity index is 658. The van der Waals surface area contributed by atoms with Gasteiger partial charge >= 0.3 is 5.97 Å². The van der Waals surface area contributed by atoms with E-state index in [4.69, 9.17) is 18.9 Å². The van der Waals surface area contributed by atoms with Crippen LogP contribution in [0.3, 0.4) is 0 Å². The number of ether oxygens (including phenoxy) is 4. The van der Waals surface area contributed by atoms with E-state index in [1.165, 1.54) is 6.26 Å². The molecule has 0 fully saturated rings. The maximum absolute atomic E-state index is 12.2. The molecule has 0 bridgehead atoms. The molecule has 1 aromatic rings. The van der Waals surface area contributed by atoms with Gasteiger partial charge in [-0.05, 0) is 30.7 Å². The summed E-state index contributed by atoms with van der Waals surface area (Å²) < 4.78 is 20.6. The van der Waals surface area contributed by atoms with Crippen molar-refractivity contribution >= 4 is 5.97 Å². The summed E-state index contributed by atoms with van der Waals surface area (Å²) in [6, 6.07) is 6.71. The summed E-state index contributed by atoms with van der Waals surface area (Å²) in [4.78, 5) is 12.2. The molecular formula is C16H16O6. The first kappa shape index (κ1) is 14.5. The molecule has 6 nitrogen and oxygen atoms in total. The average Bonchev–Trinajstić information content (AvgIpc) is 3.13.